The van der Waals surface area contributed by atoms with Crippen molar-refractivity contribution in [3.8, 4) is 0 Å². The first-order valence-corrected chi connectivity index (χ1v) is 7.96. The van der Waals surface area contributed by atoms with Gasteiger partial charge in [-0.3, -0.25) is 0 Å². The Kier molecular flexibility index (Phi) is 3.43. The zero-order valence-electron chi connectivity index (χ0n) is 8.16. The maximum atomic E-state index is 10.8. The Bertz CT molecular complexity index is 593. The average molecular weight is 275 g/mol. The minimum absolute atomic E-state index is 0.0483. The number of nitrogens with two attached hydrogens (primary N) is 1. The molecule has 0 fully saturated rings. The molecule has 0 radical (unpaired) electrons. The van der Waals surface area contributed by atoms with Crippen molar-refractivity contribution in [3.63, 3.8) is 0 Å². The number of hydrogen-bond acceptors (Lipinski definition) is 6. The molecule has 0 aliphatic heterocycles. The molecule has 5 nitrogen and oxygen atoms in total. The molecule has 2 heterocycles. The number of thioether (sulfide) groups is 1. The quantitative estimate of drug-likeness (QED) is 0.666. The summed E-state index contributed by atoms with van der Waals surface area (Å²) in [6.45, 7) is 0. The molecule has 2 aromatic heterocycles. The van der Waals surface area contributed by atoms with Gasteiger partial charge in [0, 0.05) is 11.1 Å². The fourth-order valence-electron chi connectivity index (χ4n) is 1.14. The summed E-state index contributed by atoms with van der Waals surface area (Å²) in [6.07, 6.45) is 1.48. The zero-order valence-corrected chi connectivity index (χ0v) is 10.6. The summed E-state index contributed by atoms with van der Waals surface area (Å²) in [5.74, 6) is 0.355. The van der Waals surface area contributed by atoms with Gasteiger partial charge in [0.05, 0.1) is 5.75 Å². The minimum atomic E-state index is -3.40. The van der Waals surface area contributed by atoms with E-state index in [2.05, 4.69) is 9.97 Å². The molecule has 0 aromatic carbocycles. The predicted molar refractivity (Wildman–Crippen MR) is 66.1 cm³/mol. The molecule has 0 saturated carbocycles. The summed E-state index contributed by atoms with van der Waals surface area (Å²) in [6, 6.07) is 1.93. The molecule has 0 amide bonds. The number of sulfonamides is 1. The molecule has 0 saturated heterocycles. The van der Waals surface area contributed by atoms with Crippen molar-refractivity contribution in [2.24, 2.45) is 5.14 Å². The van der Waals surface area contributed by atoms with Crippen LogP contribution in [0.2, 0.25) is 0 Å². The Morgan fingerprint density at radius 2 is 2.25 bits per heavy atom. The minimum Gasteiger partial charge on any atom is -0.229 e. The third-order valence-electron chi connectivity index (χ3n) is 1.83. The Labute approximate surface area is 101 Å². The van der Waals surface area contributed by atoms with Crippen molar-refractivity contribution < 1.29 is 8.42 Å². The van der Waals surface area contributed by atoms with Crippen molar-refractivity contribution in [2.45, 2.75) is 5.03 Å². The van der Waals surface area contributed by atoms with Gasteiger partial charge in [0.25, 0.3) is 0 Å². The highest BCUT2D eigenvalue weighted by Crippen LogP contribution is 2.27. The van der Waals surface area contributed by atoms with E-state index in [1.165, 1.54) is 29.4 Å². The smallest absolute Gasteiger partial charge is 0.209 e. The van der Waals surface area contributed by atoms with Crippen LogP contribution in [0, 0.1) is 0 Å². The van der Waals surface area contributed by atoms with Gasteiger partial charge in [-0.25, -0.2) is 23.5 Å². The highest BCUT2D eigenvalue weighted by atomic mass is 32.2. The van der Waals surface area contributed by atoms with E-state index in [-0.39, 0.29) is 5.75 Å². The molecule has 2 N–H and O–H groups in total. The Balaban J connectivity index is 2.12. The van der Waals surface area contributed by atoms with Gasteiger partial charge in [0.15, 0.2) is 0 Å². The van der Waals surface area contributed by atoms with Gasteiger partial charge in [-0.1, -0.05) is 0 Å². The lowest BCUT2D eigenvalue weighted by Crippen LogP contribution is -2.17. The molecule has 86 valence electrons. The van der Waals surface area contributed by atoms with E-state index < -0.39 is 10.0 Å². The summed E-state index contributed by atoms with van der Waals surface area (Å²) < 4.78 is 21.5. The molecule has 16 heavy (non-hydrogen) atoms. The first-order chi connectivity index (χ1) is 7.56. The Morgan fingerprint density at radius 1 is 1.44 bits per heavy atom. The van der Waals surface area contributed by atoms with Gasteiger partial charge >= 0.3 is 0 Å². The van der Waals surface area contributed by atoms with Crippen LogP contribution in [0.3, 0.4) is 0 Å². The van der Waals surface area contributed by atoms with E-state index >= 15 is 0 Å². The van der Waals surface area contributed by atoms with Crippen LogP contribution in [0.5, 0.6) is 0 Å². The van der Waals surface area contributed by atoms with Crippen molar-refractivity contribution in [3.05, 3.63) is 17.8 Å². The van der Waals surface area contributed by atoms with E-state index in [0.717, 1.165) is 15.2 Å². The first-order valence-electron chi connectivity index (χ1n) is 4.38. The maximum Gasteiger partial charge on any atom is 0.209 e. The van der Waals surface area contributed by atoms with E-state index in [9.17, 15) is 8.42 Å². The van der Waals surface area contributed by atoms with Crippen LogP contribution in [-0.2, 0) is 10.0 Å². The van der Waals surface area contributed by atoms with Gasteiger partial charge in [-0.05, 0) is 11.4 Å². The van der Waals surface area contributed by atoms with Crippen LogP contribution >= 0.6 is 23.1 Å². The molecule has 2 aromatic rings. The lowest BCUT2D eigenvalue weighted by molar-refractivity contribution is 0.599. The van der Waals surface area contributed by atoms with Crippen LogP contribution in [0.4, 0.5) is 0 Å². The standard InChI is InChI=1S/C8H9N3O2S3/c9-16(12,13)4-3-15-8-6-1-2-14-7(6)10-5-11-8/h1-2,5H,3-4H2,(H2,9,12,13). The summed E-state index contributed by atoms with van der Waals surface area (Å²) in [5.41, 5.74) is 0. The van der Waals surface area contributed by atoms with Crippen LogP contribution in [0.25, 0.3) is 10.2 Å². The van der Waals surface area contributed by atoms with Gasteiger partial charge in [0.2, 0.25) is 10.0 Å². The van der Waals surface area contributed by atoms with Crippen molar-refractivity contribution in [1.29, 1.82) is 0 Å². The van der Waals surface area contributed by atoms with Crippen LogP contribution in [0.1, 0.15) is 0 Å². The third-order valence-corrected chi connectivity index (χ3v) is 4.69. The van der Waals surface area contributed by atoms with E-state index in [1.807, 2.05) is 11.4 Å². The molecule has 0 unspecified atom stereocenters. The topological polar surface area (TPSA) is 85.9 Å². The van der Waals surface area contributed by atoms with E-state index in [0.29, 0.717) is 5.75 Å². The molecule has 8 heteroatoms. The van der Waals surface area contributed by atoms with Gasteiger partial charge in [-0.15, -0.1) is 23.1 Å². The maximum absolute atomic E-state index is 10.8. The monoisotopic (exact) mass is 275 g/mol. The predicted octanol–water partition coefficient (Wildman–Crippen LogP) is 1.07. The number of rotatable bonds is 4. The van der Waals surface area contributed by atoms with Crippen molar-refractivity contribution in [2.75, 3.05) is 11.5 Å². The Morgan fingerprint density at radius 3 is 3.00 bits per heavy atom. The molecule has 0 bridgehead atoms. The molecule has 0 aliphatic carbocycles. The van der Waals surface area contributed by atoms with Crippen molar-refractivity contribution in [1.82, 2.24) is 9.97 Å². The lowest BCUT2D eigenvalue weighted by Gasteiger charge is -2.00. The number of hydrogen-bond donors (Lipinski definition) is 1. The molecule has 2 rings (SSSR count). The van der Waals surface area contributed by atoms with Gasteiger partial charge in [-0.2, -0.15) is 0 Å². The summed E-state index contributed by atoms with van der Waals surface area (Å²) in [5, 5.41) is 8.62. The number of primary sulfonamides is 1. The summed E-state index contributed by atoms with van der Waals surface area (Å²) >= 11 is 2.91. The van der Waals surface area contributed by atoms with Crippen molar-refractivity contribution >= 4 is 43.3 Å². The zero-order chi connectivity index (χ0) is 11.6. The fraction of sp³-hybridized carbons (Fsp3) is 0.250. The largest absolute Gasteiger partial charge is 0.229 e. The number of aromatic nitrogens is 2. The normalized spacial score (nSPS) is 12.1. The number of fused-ring (bicyclic) bond motifs is 1. The highest BCUT2D eigenvalue weighted by molar-refractivity contribution is 8.00. The first kappa shape index (κ1) is 11.8. The summed E-state index contributed by atoms with van der Waals surface area (Å²) in [7, 11) is -3.40. The van der Waals surface area contributed by atoms with Gasteiger partial charge < -0.3 is 0 Å². The second kappa shape index (κ2) is 4.66. The average Bonchev–Trinajstić information content (AvgIpc) is 2.64. The highest BCUT2D eigenvalue weighted by Gasteiger charge is 2.07. The SMILES string of the molecule is NS(=O)(=O)CCSc1ncnc2sccc12. The van der Waals surface area contributed by atoms with E-state index in [1.54, 1.807) is 0 Å². The molecule has 0 aliphatic rings. The second-order valence-electron chi connectivity index (χ2n) is 3.03. The molecular weight excluding hydrogens is 266 g/mol. The number of thiophene rings is 1. The van der Waals surface area contributed by atoms with Crippen LogP contribution in [-0.4, -0.2) is 29.9 Å². The second-order valence-corrected chi connectivity index (χ2v) is 6.75. The molecule has 0 spiro atoms. The Hall–Kier alpha value is -0.700. The molecular formula is C8H9N3O2S3. The van der Waals surface area contributed by atoms with Crippen LogP contribution in [0.15, 0.2) is 22.8 Å². The van der Waals surface area contributed by atoms with Gasteiger partial charge in [0.1, 0.15) is 16.2 Å². The summed E-state index contributed by atoms with van der Waals surface area (Å²) in [4.78, 5) is 9.14. The van der Waals surface area contributed by atoms with E-state index in [4.69, 9.17) is 5.14 Å². The fourth-order valence-corrected chi connectivity index (χ4v) is 3.83. The number of nitrogens with zero attached hydrogens (tertiary/aromatic N) is 2. The lowest BCUT2D eigenvalue weighted by atomic mass is 10.4. The third kappa shape index (κ3) is 2.91. The van der Waals surface area contributed by atoms with Crippen LogP contribution < -0.4 is 5.14 Å². The molecule has 0 atom stereocenters.